The molecule has 0 amide bonds. The highest BCUT2D eigenvalue weighted by Gasteiger charge is 2.44. The van der Waals surface area contributed by atoms with Crippen molar-refractivity contribution >= 4 is 30.6 Å². The highest BCUT2D eigenvalue weighted by atomic mass is 32.2. The van der Waals surface area contributed by atoms with E-state index >= 15 is 0 Å². The van der Waals surface area contributed by atoms with Crippen molar-refractivity contribution in [1.82, 2.24) is 9.62 Å². The van der Waals surface area contributed by atoms with Gasteiger partial charge in [0, 0.05) is 25.7 Å². The lowest BCUT2D eigenvalue weighted by Crippen LogP contribution is -2.47. The number of sulfonamides is 1. The Kier molecular flexibility index (Phi) is 8.46. The summed E-state index contributed by atoms with van der Waals surface area (Å²) < 4.78 is 76.0. The van der Waals surface area contributed by atoms with Gasteiger partial charge in [-0.15, -0.1) is 0 Å². The van der Waals surface area contributed by atoms with Crippen molar-refractivity contribution in [2.24, 2.45) is 0 Å². The van der Waals surface area contributed by atoms with Crippen molar-refractivity contribution in [3.8, 4) is 5.75 Å². The molecule has 2 aliphatic rings. The molecule has 2 saturated heterocycles. The Morgan fingerprint density at radius 3 is 2.50 bits per heavy atom. The van der Waals surface area contributed by atoms with Crippen LogP contribution in [0.1, 0.15) is 19.3 Å². The monoisotopic (exact) mass is 592 g/mol. The van der Waals surface area contributed by atoms with Crippen molar-refractivity contribution in [3.63, 3.8) is 0 Å². The molecule has 0 saturated carbocycles. The number of nitrogens with one attached hydrogen (secondary N) is 1. The van der Waals surface area contributed by atoms with Crippen LogP contribution in [0.15, 0.2) is 76.5 Å². The molecule has 2 N–H and O–H groups in total. The summed E-state index contributed by atoms with van der Waals surface area (Å²) in [4.78, 5) is 0.116. The first kappa shape index (κ1) is 28.9. The molecule has 0 radical (unpaired) electrons. The first-order valence-electron chi connectivity index (χ1n) is 13.2. The van der Waals surface area contributed by atoms with E-state index < -0.39 is 37.6 Å². The second-order valence-electron chi connectivity index (χ2n) is 10.4. The zero-order chi connectivity index (χ0) is 28.4. The molecular formula is C28H33FN2O7S2. The van der Waals surface area contributed by atoms with E-state index in [-0.39, 0.29) is 29.8 Å². The molecule has 1 unspecified atom stereocenters. The fraction of sp³-hybridized carbons (Fsp3) is 0.429. The Balaban J connectivity index is 1.09. The largest absolute Gasteiger partial charge is 0.491 e. The molecule has 2 heterocycles. The molecule has 1 spiro atoms. The number of sulfone groups is 1. The fourth-order valence-electron chi connectivity index (χ4n) is 5.31. The number of fused-ring (bicyclic) bond motifs is 1. The van der Waals surface area contributed by atoms with Crippen LogP contribution in [-0.2, 0) is 24.6 Å². The first-order valence-corrected chi connectivity index (χ1v) is 16.3. The molecule has 0 bridgehead atoms. The van der Waals surface area contributed by atoms with Gasteiger partial charge in [-0.05, 0) is 60.4 Å². The molecule has 216 valence electrons. The van der Waals surface area contributed by atoms with E-state index in [1.807, 2.05) is 30.3 Å². The van der Waals surface area contributed by atoms with Crippen LogP contribution in [0.2, 0.25) is 0 Å². The minimum absolute atomic E-state index is 0.00341. The number of piperidine rings is 1. The van der Waals surface area contributed by atoms with Crippen LogP contribution in [-0.4, -0.2) is 82.8 Å². The number of aliphatic hydroxyl groups is 1. The van der Waals surface area contributed by atoms with Crippen LogP contribution in [0.3, 0.4) is 0 Å². The minimum atomic E-state index is -4.00. The summed E-state index contributed by atoms with van der Waals surface area (Å²) in [5, 5.41) is 15.5. The van der Waals surface area contributed by atoms with Crippen molar-refractivity contribution in [3.05, 3.63) is 66.7 Å². The Morgan fingerprint density at radius 1 is 1.00 bits per heavy atom. The maximum Gasteiger partial charge on any atom is 0.243 e. The number of nitrogens with zero attached hydrogens (tertiary/aromatic N) is 1. The number of benzene rings is 3. The first-order chi connectivity index (χ1) is 19.1. The number of halogens is 1. The van der Waals surface area contributed by atoms with Crippen molar-refractivity contribution in [1.29, 1.82) is 0 Å². The number of hydrogen-bond acceptors (Lipinski definition) is 8. The van der Waals surface area contributed by atoms with E-state index in [0.717, 1.165) is 10.8 Å². The van der Waals surface area contributed by atoms with Gasteiger partial charge >= 0.3 is 0 Å². The van der Waals surface area contributed by atoms with Gasteiger partial charge in [-0.2, -0.15) is 4.31 Å². The second-order valence-corrected chi connectivity index (χ2v) is 14.2. The zero-order valence-corrected chi connectivity index (χ0v) is 23.5. The molecule has 5 rings (SSSR count). The van der Waals surface area contributed by atoms with Gasteiger partial charge in [-0.1, -0.05) is 36.4 Å². The number of alkyl halides is 1. The van der Waals surface area contributed by atoms with Gasteiger partial charge in [0.2, 0.25) is 19.9 Å². The molecule has 3 aromatic carbocycles. The van der Waals surface area contributed by atoms with Gasteiger partial charge in [0.15, 0.2) is 6.01 Å². The molecule has 2 atom stereocenters. The van der Waals surface area contributed by atoms with Crippen LogP contribution in [0.5, 0.6) is 5.75 Å². The molecular weight excluding hydrogens is 559 g/mol. The summed E-state index contributed by atoms with van der Waals surface area (Å²) in [5.74, 6) is 0.224. The van der Waals surface area contributed by atoms with E-state index in [1.165, 1.54) is 22.5 Å². The van der Waals surface area contributed by atoms with E-state index in [1.54, 1.807) is 18.2 Å². The molecule has 3 aromatic rings. The van der Waals surface area contributed by atoms with Gasteiger partial charge in [0.05, 0.1) is 22.0 Å². The van der Waals surface area contributed by atoms with Gasteiger partial charge in [0.1, 0.15) is 18.5 Å². The predicted molar refractivity (Wildman–Crippen MR) is 148 cm³/mol. The molecule has 12 heteroatoms. The third-order valence-corrected chi connectivity index (χ3v) is 10.7. The lowest BCUT2D eigenvalue weighted by Gasteiger charge is -2.38. The molecule has 40 heavy (non-hydrogen) atoms. The van der Waals surface area contributed by atoms with Gasteiger partial charge < -0.3 is 19.9 Å². The molecule has 9 nitrogen and oxygen atoms in total. The van der Waals surface area contributed by atoms with Crippen molar-refractivity contribution in [2.45, 2.75) is 46.8 Å². The fourth-order valence-corrected chi connectivity index (χ4v) is 7.49. The average molecular weight is 593 g/mol. The van der Waals surface area contributed by atoms with Crippen LogP contribution in [0, 0.1) is 0 Å². The van der Waals surface area contributed by atoms with E-state index in [2.05, 4.69) is 5.32 Å². The molecule has 0 aromatic heterocycles. The summed E-state index contributed by atoms with van der Waals surface area (Å²) in [7, 11) is -7.61. The van der Waals surface area contributed by atoms with Crippen LogP contribution in [0.25, 0.3) is 10.8 Å². The Bertz CT molecular complexity index is 1560. The minimum Gasteiger partial charge on any atom is -0.491 e. The van der Waals surface area contributed by atoms with Crippen molar-refractivity contribution < 1.29 is 35.8 Å². The SMILES string of the molecule is O=S(=O)(CF)c1cccc(OC[C@@H](O)CNC2COC3(CCN(S(=O)(=O)c4ccc5ccccc5c4)CC3)C2)c1. The smallest absolute Gasteiger partial charge is 0.243 e. The van der Waals surface area contributed by atoms with E-state index in [0.29, 0.717) is 43.9 Å². The topological polar surface area (TPSA) is 122 Å². The lowest BCUT2D eigenvalue weighted by atomic mass is 9.88. The number of aliphatic hydroxyl groups excluding tert-OH is 1. The third-order valence-electron chi connectivity index (χ3n) is 7.59. The summed E-state index contributed by atoms with van der Waals surface area (Å²) in [6.45, 7) is 1.35. The Labute approximate surface area is 233 Å². The lowest BCUT2D eigenvalue weighted by molar-refractivity contribution is -0.0312. The third kappa shape index (κ3) is 6.32. The average Bonchev–Trinajstić information content (AvgIpc) is 3.37. The zero-order valence-electron chi connectivity index (χ0n) is 21.9. The maximum absolute atomic E-state index is 13.3. The van der Waals surface area contributed by atoms with E-state index in [4.69, 9.17) is 9.47 Å². The highest BCUT2D eigenvalue weighted by Crippen LogP contribution is 2.37. The second kappa shape index (κ2) is 11.7. The molecule has 0 aliphatic carbocycles. The molecule has 2 fully saturated rings. The predicted octanol–water partition coefficient (Wildman–Crippen LogP) is 2.88. The van der Waals surface area contributed by atoms with Gasteiger partial charge in [-0.25, -0.2) is 21.2 Å². The summed E-state index contributed by atoms with van der Waals surface area (Å²) in [6.07, 6.45) is 1.00. The number of hydrogen-bond donors (Lipinski definition) is 2. The van der Waals surface area contributed by atoms with Crippen LogP contribution >= 0.6 is 0 Å². The standard InChI is InChI=1S/C28H33FN2O7S2/c29-20-39(33,34)26-7-3-6-25(15-26)37-19-24(32)17-30-23-16-28(38-18-23)10-12-31(13-11-28)40(35,36)27-9-8-21-4-1-2-5-22(21)14-27/h1-9,14-15,23-24,30,32H,10-13,16-20H2/t23?,24-/m0/s1. The van der Waals surface area contributed by atoms with Crippen LogP contribution in [0.4, 0.5) is 4.39 Å². The normalized spacial score (nSPS) is 20.6. The Morgan fingerprint density at radius 2 is 1.75 bits per heavy atom. The number of rotatable bonds is 10. The number of ether oxygens (including phenoxy) is 2. The quantitative estimate of drug-likeness (QED) is 0.369. The van der Waals surface area contributed by atoms with Crippen molar-refractivity contribution in [2.75, 3.05) is 38.9 Å². The van der Waals surface area contributed by atoms with Gasteiger partial charge in [-0.3, -0.25) is 0 Å². The summed E-state index contributed by atoms with van der Waals surface area (Å²) >= 11 is 0. The van der Waals surface area contributed by atoms with Crippen LogP contribution < -0.4 is 10.1 Å². The summed E-state index contributed by atoms with van der Waals surface area (Å²) in [6, 6.07) is 16.9. The molecule has 2 aliphatic heterocycles. The Hall–Kier alpha value is -2.61. The highest BCUT2D eigenvalue weighted by molar-refractivity contribution is 7.91. The van der Waals surface area contributed by atoms with E-state index in [9.17, 15) is 26.3 Å². The summed E-state index contributed by atoms with van der Waals surface area (Å²) in [5.41, 5.74) is -0.406. The maximum atomic E-state index is 13.3. The van der Waals surface area contributed by atoms with Gasteiger partial charge in [0.25, 0.3) is 0 Å².